The molecule has 2 aromatic heterocycles. The maximum Gasteiger partial charge on any atom is 0.238 e. The highest BCUT2D eigenvalue weighted by atomic mass is 79.9. The molecule has 3 aromatic carbocycles. The molecule has 0 aliphatic rings. The van der Waals surface area contributed by atoms with Gasteiger partial charge in [-0.3, -0.25) is 0 Å². The van der Waals surface area contributed by atoms with Crippen LogP contribution in [0.4, 0.5) is 5.88 Å². The van der Waals surface area contributed by atoms with Crippen LogP contribution in [-0.2, 0) is 0 Å². The van der Waals surface area contributed by atoms with E-state index in [-0.39, 0.29) is 0 Å². The van der Waals surface area contributed by atoms with E-state index in [0.717, 1.165) is 43.8 Å². The number of hydrogen-bond acceptors (Lipinski definition) is 3. The van der Waals surface area contributed by atoms with Crippen molar-refractivity contribution in [2.75, 3.05) is 0 Å². The lowest BCUT2D eigenvalue weighted by Gasteiger charge is -2.09. The number of aliphatic imine (C=N–C) groups is 1. The van der Waals surface area contributed by atoms with Crippen molar-refractivity contribution >= 4 is 28.0 Å². The average Bonchev–Trinajstić information content (AvgIpc) is 3.40. The predicted molar refractivity (Wildman–Crippen MR) is 144 cm³/mol. The van der Waals surface area contributed by atoms with Gasteiger partial charge in [0, 0.05) is 44.5 Å². The Balaban J connectivity index is 1.61. The Labute approximate surface area is 212 Å². The van der Waals surface area contributed by atoms with Crippen molar-refractivity contribution < 1.29 is 4.42 Å². The van der Waals surface area contributed by atoms with Gasteiger partial charge in [0.1, 0.15) is 17.4 Å². The first kappa shape index (κ1) is 22.6. The number of nitrogens with zero attached hydrogens (tertiary/aromatic N) is 3. The molecule has 0 N–H and O–H groups in total. The first-order valence-electron chi connectivity index (χ1n) is 11.2. The molecule has 0 spiro atoms. The molecular weight excluding hydrogens is 498 g/mol. The highest BCUT2D eigenvalue weighted by Crippen LogP contribution is 2.42. The van der Waals surface area contributed by atoms with Gasteiger partial charge < -0.3 is 8.98 Å². The zero-order valence-corrected chi connectivity index (χ0v) is 21.0. The van der Waals surface area contributed by atoms with Crippen LogP contribution in [0.1, 0.15) is 22.5 Å². The summed E-state index contributed by atoms with van der Waals surface area (Å²) in [5.41, 5.74) is 7.20. The largest absolute Gasteiger partial charge is 0.436 e. The van der Waals surface area contributed by atoms with Gasteiger partial charge in [-0.15, -0.1) is 0 Å². The van der Waals surface area contributed by atoms with Crippen LogP contribution in [0.25, 0.3) is 28.1 Å². The van der Waals surface area contributed by atoms with Gasteiger partial charge in [0.15, 0.2) is 0 Å². The van der Waals surface area contributed by atoms with Crippen LogP contribution in [0.15, 0.2) is 105 Å². The summed E-state index contributed by atoms with van der Waals surface area (Å²) in [5.74, 6) is 0.944. The van der Waals surface area contributed by atoms with Crippen molar-refractivity contribution in [3.8, 4) is 34.2 Å². The fourth-order valence-corrected chi connectivity index (χ4v) is 4.59. The molecule has 0 radical (unpaired) electrons. The second kappa shape index (κ2) is 9.61. The molecule has 170 valence electrons. The van der Waals surface area contributed by atoms with Gasteiger partial charge in [-0.25, -0.2) is 4.99 Å². The third kappa shape index (κ3) is 4.37. The fraction of sp³-hybridized carbons (Fsp3) is 0.0667. The Hall–Kier alpha value is -4.14. The summed E-state index contributed by atoms with van der Waals surface area (Å²) in [6.45, 7) is 4.13. The second-order valence-corrected chi connectivity index (χ2v) is 9.14. The molecule has 0 unspecified atom stereocenters. The molecule has 0 aliphatic heterocycles. The molecule has 0 atom stereocenters. The number of hydrogen-bond donors (Lipinski definition) is 0. The monoisotopic (exact) mass is 519 g/mol. The van der Waals surface area contributed by atoms with Gasteiger partial charge in [-0.2, -0.15) is 5.26 Å². The summed E-state index contributed by atoms with van der Waals surface area (Å²) in [7, 11) is 0. The van der Waals surface area contributed by atoms with Crippen molar-refractivity contribution in [1.29, 1.82) is 5.26 Å². The maximum atomic E-state index is 10.1. The van der Waals surface area contributed by atoms with Crippen molar-refractivity contribution in [3.05, 3.63) is 118 Å². The number of benzene rings is 3. The quantitative estimate of drug-likeness (QED) is 0.219. The Morgan fingerprint density at radius 2 is 1.51 bits per heavy atom. The molecule has 0 saturated carbocycles. The SMILES string of the molecule is Cc1cc(C=Nc2oc(-c3ccccc3)c(-c3ccccc3)c2C#N)c(C)n1-c1ccc(Br)cc1. The van der Waals surface area contributed by atoms with E-state index < -0.39 is 0 Å². The summed E-state index contributed by atoms with van der Waals surface area (Å²) in [4.78, 5) is 4.67. The molecule has 0 saturated heterocycles. The van der Waals surface area contributed by atoms with Crippen molar-refractivity contribution in [1.82, 2.24) is 4.57 Å². The Morgan fingerprint density at radius 1 is 0.886 bits per heavy atom. The minimum Gasteiger partial charge on any atom is -0.436 e. The van der Waals surface area contributed by atoms with E-state index in [1.807, 2.05) is 72.8 Å². The second-order valence-electron chi connectivity index (χ2n) is 8.23. The van der Waals surface area contributed by atoms with Gasteiger partial charge in [-0.05, 0) is 49.7 Å². The van der Waals surface area contributed by atoms with Crippen LogP contribution in [-0.4, -0.2) is 10.8 Å². The van der Waals surface area contributed by atoms with E-state index >= 15 is 0 Å². The lowest BCUT2D eigenvalue weighted by molar-refractivity contribution is 0.593. The lowest BCUT2D eigenvalue weighted by Crippen LogP contribution is -1.99. The first-order valence-corrected chi connectivity index (χ1v) is 12.0. The number of aryl methyl sites for hydroxylation is 1. The van der Waals surface area contributed by atoms with Crippen LogP contribution >= 0.6 is 15.9 Å². The molecule has 35 heavy (non-hydrogen) atoms. The van der Waals surface area contributed by atoms with Gasteiger partial charge in [-0.1, -0.05) is 76.6 Å². The van der Waals surface area contributed by atoms with Crippen LogP contribution in [0.5, 0.6) is 0 Å². The molecule has 0 fully saturated rings. The summed E-state index contributed by atoms with van der Waals surface area (Å²) in [6, 6.07) is 32.3. The molecule has 0 bridgehead atoms. The summed E-state index contributed by atoms with van der Waals surface area (Å²) in [6.07, 6.45) is 1.78. The molecule has 5 rings (SSSR count). The van der Waals surface area contributed by atoms with Crippen LogP contribution in [0.2, 0.25) is 0 Å². The van der Waals surface area contributed by atoms with Crippen molar-refractivity contribution in [3.63, 3.8) is 0 Å². The average molecular weight is 520 g/mol. The van der Waals surface area contributed by atoms with E-state index in [4.69, 9.17) is 4.42 Å². The Bertz CT molecular complexity index is 1550. The summed E-state index contributed by atoms with van der Waals surface area (Å²) >= 11 is 3.50. The Kier molecular flexibility index (Phi) is 6.22. The third-order valence-electron chi connectivity index (χ3n) is 5.98. The summed E-state index contributed by atoms with van der Waals surface area (Å²) in [5, 5.41) is 10.1. The molecule has 0 aliphatic carbocycles. The molecule has 0 amide bonds. The van der Waals surface area contributed by atoms with E-state index in [0.29, 0.717) is 17.2 Å². The van der Waals surface area contributed by atoms with Gasteiger partial charge in [0.25, 0.3) is 0 Å². The van der Waals surface area contributed by atoms with Crippen molar-refractivity contribution in [2.24, 2.45) is 4.99 Å². The lowest BCUT2D eigenvalue weighted by atomic mass is 9.98. The van der Waals surface area contributed by atoms with Crippen molar-refractivity contribution in [2.45, 2.75) is 13.8 Å². The zero-order chi connectivity index (χ0) is 24.4. The number of nitriles is 1. The fourth-order valence-electron chi connectivity index (χ4n) is 4.32. The van der Waals surface area contributed by atoms with Crippen LogP contribution in [0.3, 0.4) is 0 Å². The van der Waals surface area contributed by atoms with E-state index in [2.05, 4.69) is 63.6 Å². The standard InChI is InChI=1S/C30H22BrN3O/c1-20-17-24(21(2)34(20)26-15-13-25(31)14-16-26)19-33-30-27(18-32)28(22-9-5-3-6-10-22)29(35-30)23-11-7-4-8-12-23/h3-17,19H,1-2H3. The number of furan rings is 1. The first-order chi connectivity index (χ1) is 17.1. The molecule has 5 heteroatoms. The number of halogens is 1. The number of aromatic nitrogens is 1. The zero-order valence-electron chi connectivity index (χ0n) is 19.4. The third-order valence-corrected chi connectivity index (χ3v) is 6.50. The summed E-state index contributed by atoms with van der Waals surface area (Å²) < 4.78 is 9.47. The van der Waals surface area contributed by atoms with Gasteiger partial charge in [0.05, 0.1) is 0 Å². The van der Waals surface area contributed by atoms with Crippen LogP contribution < -0.4 is 0 Å². The maximum absolute atomic E-state index is 10.1. The van der Waals surface area contributed by atoms with E-state index in [9.17, 15) is 5.26 Å². The highest BCUT2D eigenvalue weighted by Gasteiger charge is 2.22. The van der Waals surface area contributed by atoms with Gasteiger partial charge in [0.2, 0.25) is 5.88 Å². The normalized spacial score (nSPS) is 11.1. The minimum absolute atomic E-state index is 0.304. The minimum atomic E-state index is 0.304. The van der Waals surface area contributed by atoms with E-state index in [1.54, 1.807) is 6.21 Å². The van der Waals surface area contributed by atoms with Gasteiger partial charge >= 0.3 is 0 Å². The smallest absolute Gasteiger partial charge is 0.238 e. The Morgan fingerprint density at radius 3 is 2.14 bits per heavy atom. The van der Waals surface area contributed by atoms with E-state index in [1.165, 1.54) is 0 Å². The van der Waals surface area contributed by atoms with Crippen LogP contribution in [0, 0.1) is 25.2 Å². The number of rotatable bonds is 5. The molecular formula is C30H22BrN3O. The molecule has 5 aromatic rings. The molecule has 4 nitrogen and oxygen atoms in total. The molecule has 2 heterocycles. The highest BCUT2D eigenvalue weighted by molar-refractivity contribution is 9.10. The predicted octanol–water partition coefficient (Wildman–Crippen LogP) is 8.41. The topological polar surface area (TPSA) is 54.2 Å².